The van der Waals surface area contributed by atoms with E-state index in [-0.39, 0.29) is 22.9 Å². The Bertz CT molecular complexity index is 551. The van der Waals surface area contributed by atoms with Crippen molar-refractivity contribution < 1.29 is 19.4 Å². The molecule has 8 heteroatoms. The Balaban J connectivity index is 2.63. The van der Waals surface area contributed by atoms with Gasteiger partial charge in [-0.2, -0.15) is 0 Å². The first-order valence-electron chi connectivity index (χ1n) is 5.49. The number of ether oxygens (including phenoxy) is 1. The van der Waals surface area contributed by atoms with E-state index < -0.39 is 23.6 Å². The fourth-order valence-electron chi connectivity index (χ4n) is 2.18. The molecular formula is C11H12ClN3O4. The van der Waals surface area contributed by atoms with Gasteiger partial charge in [-0.3, -0.25) is 0 Å². The lowest BCUT2D eigenvalue weighted by Gasteiger charge is -2.37. The predicted molar refractivity (Wildman–Crippen MR) is 66.0 cm³/mol. The van der Waals surface area contributed by atoms with Crippen LogP contribution in [0.5, 0.6) is 5.88 Å². The number of pyridine rings is 1. The molecule has 0 radical (unpaired) electrons. The second-order valence-electron chi connectivity index (χ2n) is 4.34. The van der Waals surface area contributed by atoms with Gasteiger partial charge in [0.2, 0.25) is 5.88 Å². The van der Waals surface area contributed by atoms with Crippen molar-refractivity contribution in [3.8, 4) is 5.88 Å². The van der Waals surface area contributed by atoms with E-state index in [2.05, 4.69) is 10.3 Å². The summed E-state index contributed by atoms with van der Waals surface area (Å²) in [5.41, 5.74) is 3.58. The molecule has 0 aromatic carbocycles. The van der Waals surface area contributed by atoms with Crippen LogP contribution in [0, 0.1) is 0 Å². The van der Waals surface area contributed by atoms with Crippen molar-refractivity contribution in [1.82, 2.24) is 10.3 Å². The Labute approximate surface area is 113 Å². The van der Waals surface area contributed by atoms with Crippen molar-refractivity contribution in [2.75, 3.05) is 0 Å². The number of carboxylic acids is 1. The number of fused-ring (bicyclic) bond motifs is 1. The maximum Gasteiger partial charge on any atom is 0.334 e. The standard InChI is InChI=1S/C11H12ClN3O4/c1-5-3-11(9(16)17,15-10(13)18)7-2-6(12)4-14-8(7)19-5/h2,4-5H,3H2,1H3,(H,16,17)(H3,13,15,18). The SMILES string of the molecule is CC1CC(NC(N)=O)(C(=O)O)c2cc(Cl)cnc2O1. The molecule has 2 amide bonds. The molecule has 2 unspecified atom stereocenters. The summed E-state index contributed by atoms with van der Waals surface area (Å²) in [5, 5.41) is 12.0. The summed E-state index contributed by atoms with van der Waals surface area (Å²) in [6.07, 6.45) is 0.930. The van der Waals surface area contributed by atoms with Crippen LogP contribution in [0.1, 0.15) is 18.9 Å². The number of aromatic nitrogens is 1. The van der Waals surface area contributed by atoms with Crippen LogP contribution >= 0.6 is 11.6 Å². The van der Waals surface area contributed by atoms with Crippen LogP contribution in [0.15, 0.2) is 12.3 Å². The monoisotopic (exact) mass is 285 g/mol. The van der Waals surface area contributed by atoms with E-state index in [9.17, 15) is 14.7 Å². The number of nitrogens with zero attached hydrogens (tertiary/aromatic N) is 1. The lowest BCUT2D eigenvalue weighted by Crippen LogP contribution is -2.57. The van der Waals surface area contributed by atoms with Gasteiger partial charge in [-0.05, 0) is 13.0 Å². The van der Waals surface area contributed by atoms with Crippen molar-refractivity contribution in [3.63, 3.8) is 0 Å². The summed E-state index contributed by atoms with van der Waals surface area (Å²) >= 11 is 5.83. The Morgan fingerprint density at radius 2 is 2.37 bits per heavy atom. The van der Waals surface area contributed by atoms with Crippen LogP contribution in [-0.2, 0) is 10.3 Å². The number of nitrogens with one attached hydrogen (secondary N) is 1. The van der Waals surface area contributed by atoms with Crippen LogP contribution < -0.4 is 15.8 Å². The molecule has 1 aromatic rings. The van der Waals surface area contributed by atoms with Crippen LogP contribution in [0.2, 0.25) is 5.02 Å². The van der Waals surface area contributed by atoms with E-state index in [0.29, 0.717) is 0 Å². The fourth-order valence-corrected chi connectivity index (χ4v) is 2.34. The molecule has 0 aliphatic carbocycles. The second kappa shape index (κ2) is 4.58. The van der Waals surface area contributed by atoms with Crippen molar-refractivity contribution in [1.29, 1.82) is 0 Å². The molecule has 1 aliphatic rings. The number of hydrogen-bond acceptors (Lipinski definition) is 4. The van der Waals surface area contributed by atoms with Gasteiger partial charge in [-0.25, -0.2) is 14.6 Å². The number of halogens is 1. The van der Waals surface area contributed by atoms with Crippen LogP contribution in [0.3, 0.4) is 0 Å². The van der Waals surface area contributed by atoms with Crippen molar-refractivity contribution in [2.45, 2.75) is 25.0 Å². The smallest absolute Gasteiger partial charge is 0.334 e. The molecular weight excluding hydrogens is 274 g/mol. The van der Waals surface area contributed by atoms with E-state index in [1.807, 2.05) is 0 Å². The third kappa shape index (κ3) is 2.28. The highest BCUT2D eigenvalue weighted by Gasteiger charge is 2.49. The Kier molecular flexibility index (Phi) is 3.23. The summed E-state index contributed by atoms with van der Waals surface area (Å²) in [5.74, 6) is -1.12. The average Bonchev–Trinajstić information content (AvgIpc) is 2.28. The number of aliphatic carboxylic acids is 1. The van der Waals surface area contributed by atoms with Crippen LogP contribution in [0.4, 0.5) is 4.79 Å². The van der Waals surface area contributed by atoms with Crippen molar-refractivity contribution >= 4 is 23.6 Å². The van der Waals surface area contributed by atoms with Gasteiger partial charge in [-0.1, -0.05) is 11.6 Å². The summed E-state index contributed by atoms with van der Waals surface area (Å²) in [6, 6.07) is 0.460. The number of carbonyl (C=O) groups excluding carboxylic acids is 1. The zero-order valence-electron chi connectivity index (χ0n) is 10.0. The normalized spacial score (nSPS) is 25.1. The van der Waals surface area contributed by atoms with Crippen molar-refractivity contribution in [2.24, 2.45) is 5.73 Å². The van der Waals surface area contributed by atoms with Crippen LogP contribution in [-0.4, -0.2) is 28.2 Å². The molecule has 0 spiro atoms. The highest BCUT2D eigenvalue weighted by Crippen LogP contribution is 2.39. The van der Waals surface area contributed by atoms with Gasteiger partial charge in [0.1, 0.15) is 6.10 Å². The minimum absolute atomic E-state index is 0.0281. The largest absolute Gasteiger partial charge is 0.479 e. The van der Waals surface area contributed by atoms with E-state index in [1.54, 1.807) is 6.92 Å². The van der Waals surface area contributed by atoms with Gasteiger partial charge < -0.3 is 20.9 Å². The molecule has 1 aromatic heterocycles. The minimum Gasteiger partial charge on any atom is -0.479 e. The van der Waals surface area contributed by atoms with E-state index in [0.717, 1.165) is 0 Å². The number of carbonyl (C=O) groups is 2. The Morgan fingerprint density at radius 1 is 1.68 bits per heavy atom. The molecule has 0 saturated carbocycles. The zero-order valence-corrected chi connectivity index (χ0v) is 10.8. The molecule has 0 saturated heterocycles. The second-order valence-corrected chi connectivity index (χ2v) is 4.78. The number of nitrogens with two attached hydrogens (primary N) is 1. The van der Waals surface area contributed by atoms with E-state index in [1.165, 1.54) is 12.3 Å². The molecule has 102 valence electrons. The first-order chi connectivity index (χ1) is 8.85. The van der Waals surface area contributed by atoms with E-state index >= 15 is 0 Å². The summed E-state index contributed by atoms with van der Waals surface area (Å²) in [6.45, 7) is 1.68. The lowest BCUT2D eigenvalue weighted by atomic mass is 9.83. The third-order valence-electron chi connectivity index (χ3n) is 2.89. The summed E-state index contributed by atoms with van der Waals surface area (Å²) in [7, 11) is 0. The first kappa shape index (κ1) is 13.4. The first-order valence-corrected chi connectivity index (χ1v) is 5.86. The number of amides is 2. The Morgan fingerprint density at radius 3 is 2.95 bits per heavy atom. The van der Waals surface area contributed by atoms with Gasteiger partial charge in [0.15, 0.2) is 5.54 Å². The average molecular weight is 286 g/mol. The summed E-state index contributed by atoms with van der Waals surface area (Å²) in [4.78, 5) is 26.7. The third-order valence-corrected chi connectivity index (χ3v) is 3.09. The zero-order chi connectivity index (χ0) is 14.2. The number of hydrogen-bond donors (Lipinski definition) is 3. The quantitative estimate of drug-likeness (QED) is 0.745. The molecule has 0 bridgehead atoms. The highest BCUT2D eigenvalue weighted by atomic mass is 35.5. The predicted octanol–water partition coefficient (Wildman–Crippen LogP) is 0.854. The van der Waals surface area contributed by atoms with Crippen molar-refractivity contribution in [3.05, 3.63) is 22.8 Å². The Hall–Kier alpha value is -2.02. The number of rotatable bonds is 2. The molecule has 2 heterocycles. The van der Waals surface area contributed by atoms with Crippen LogP contribution in [0.25, 0.3) is 0 Å². The molecule has 2 rings (SSSR count). The fraction of sp³-hybridized carbons (Fsp3) is 0.364. The maximum atomic E-state index is 11.6. The minimum atomic E-state index is -1.68. The van der Waals surface area contributed by atoms with Gasteiger partial charge in [0.25, 0.3) is 0 Å². The molecule has 1 aliphatic heterocycles. The van der Waals surface area contributed by atoms with Gasteiger partial charge in [0.05, 0.1) is 10.6 Å². The molecule has 19 heavy (non-hydrogen) atoms. The number of urea groups is 1. The molecule has 0 fully saturated rings. The summed E-state index contributed by atoms with van der Waals surface area (Å²) < 4.78 is 5.45. The number of carboxylic acid groups (broad SMARTS) is 1. The topological polar surface area (TPSA) is 115 Å². The van der Waals surface area contributed by atoms with Gasteiger partial charge >= 0.3 is 12.0 Å². The molecule has 7 nitrogen and oxygen atoms in total. The molecule has 4 N–H and O–H groups in total. The number of primary amides is 1. The van der Waals surface area contributed by atoms with Gasteiger partial charge in [-0.15, -0.1) is 0 Å². The lowest BCUT2D eigenvalue weighted by molar-refractivity contribution is -0.147. The van der Waals surface area contributed by atoms with E-state index in [4.69, 9.17) is 22.1 Å². The van der Waals surface area contributed by atoms with Gasteiger partial charge in [0, 0.05) is 12.6 Å². The molecule has 2 atom stereocenters. The maximum absolute atomic E-state index is 11.6. The highest BCUT2D eigenvalue weighted by molar-refractivity contribution is 6.30.